The van der Waals surface area contributed by atoms with Gasteiger partial charge in [0.05, 0.1) is 6.61 Å². The summed E-state index contributed by atoms with van der Waals surface area (Å²) in [6, 6.07) is 12.1. The third-order valence-corrected chi connectivity index (χ3v) is 4.24. The highest BCUT2D eigenvalue weighted by Gasteiger charge is 2.46. The zero-order chi connectivity index (χ0) is 18.0. The monoisotopic (exact) mass is 347 g/mol. The summed E-state index contributed by atoms with van der Waals surface area (Å²) in [5.41, 5.74) is 0. The number of ether oxygens (including phenoxy) is 2. The van der Waals surface area contributed by atoms with E-state index in [-0.39, 0.29) is 0 Å². The van der Waals surface area contributed by atoms with Crippen LogP contribution in [0.5, 0.6) is 5.75 Å². The Morgan fingerprint density at radius 3 is 2.60 bits per heavy atom. The van der Waals surface area contributed by atoms with Crippen LogP contribution >= 0.6 is 0 Å². The summed E-state index contributed by atoms with van der Waals surface area (Å²) in [6.45, 7) is 0.812. The molecule has 0 bridgehead atoms. The van der Waals surface area contributed by atoms with Gasteiger partial charge in [0.25, 0.3) is 0 Å². The Hall–Kier alpha value is -2.19. The summed E-state index contributed by atoms with van der Waals surface area (Å²) in [5.74, 6) is 0.118. The van der Waals surface area contributed by atoms with Gasteiger partial charge in [-0.15, -0.1) is 0 Å². The third-order valence-electron chi connectivity index (χ3n) is 4.24. The minimum atomic E-state index is -1.34. The van der Waals surface area contributed by atoms with E-state index in [2.05, 4.69) is 5.32 Å². The van der Waals surface area contributed by atoms with Crippen LogP contribution in [0.4, 0.5) is 0 Å². The molecule has 0 spiro atoms. The Morgan fingerprint density at radius 1 is 1.16 bits per heavy atom. The van der Waals surface area contributed by atoms with Gasteiger partial charge in [-0.2, -0.15) is 0 Å². The molecular formula is C18H21NO6. The minimum absolute atomic E-state index is 0.395. The predicted molar refractivity (Wildman–Crippen MR) is 89.9 cm³/mol. The predicted octanol–water partition coefficient (Wildman–Crippen LogP) is 0.162. The number of hydrogen-bond donors (Lipinski definition) is 4. The van der Waals surface area contributed by atoms with Crippen molar-refractivity contribution in [2.75, 3.05) is 6.61 Å². The SMILES string of the molecule is CC(=O)N[C@H]1[C@H](Oc2cccc3ccccc23)O[C@H](CO)[C@@H](O)[C@@H]1O. The fourth-order valence-corrected chi connectivity index (χ4v) is 2.99. The molecule has 25 heavy (non-hydrogen) atoms. The standard InChI is InChI=1S/C18H21NO6/c1-10(21)19-15-17(23)16(22)14(9-20)25-18(15)24-13-8-4-6-11-5-2-3-7-12(11)13/h2-8,14-18,20,22-23H,9H2,1H3,(H,19,21)/t14-,15-,16-,17-,18-/m1/s1. The smallest absolute Gasteiger partial charge is 0.223 e. The lowest BCUT2D eigenvalue weighted by atomic mass is 9.97. The number of benzene rings is 2. The lowest BCUT2D eigenvalue weighted by Gasteiger charge is -2.42. The van der Waals surface area contributed by atoms with Gasteiger partial charge in [-0.3, -0.25) is 4.79 Å². The van der Waals surface area contributed by atoms with Gasteiger partial charge in [-0.25, -0.2) is 0 Å². The van der Waals surface area contributed by atoms with Crippen molar-refractivity contribution in [1.29, 1.82) is 0 Å². The molecule has 4 N–H and O–H groups in total. The third kappa shape index (κ3) is 3.59. The molecule has 2 aromatic carbocycles. The highest BCUT2D eigenvalue weighted by Crippen LogP contribution is 2.29. The highest BCUT2D eigenvalue weighted by molar-refractivity contribution is 5.88. The maximum atomic E-state index is 11.5. The van der Waals surface area contributed by atoms with Crippen LogP contribution in [0.15, 0.2) is 42.5 Å². The summed E-state index contributed by atoms with van der Waals surface area (Å²) < 4.78 is 11.5. The van der Waals surface area contributed by atoms with Crippen LogP contribution in [-0.2, 0) is 9.53 Å². The topological polar surface area (TPSA) is 108 Å². The Bertz CT molecular complexity index is 746. The van der Waals surface area contributed by atoms with Gasteiger partial charge >= 0.3 is 0 Å². The maximum Gasteiger partial charge on any atom is 0.223 e. The fraction of sp³-hybridized carbons (Fsp3) is 0.389. The van der Waals surface area contributed by atoms with Crippen molar-refractivity contribution in [2.45, 2.75) is 37.6 Å². The summed E-state index contributed by atoms with van der Waals surface area (Å²) in [6.07, 6.45) is -4.76. The zero-order valence-corrected chi connectivity index (χ0v) is 13.7. The summed E-state index contributed by atoms with van der Waals surface area (Å²) in [5, 5.41) is 34.1. The second-order valence-electron chi connectivity index (χ2n) is 6.03. The number of carbonyl (C=O) groups is 1. The van der Waals surface area contributed by atoms with E-state index in [1.54, 1.807) is 6.07 Å². The molecule has 3 rings (SSSR count). The Morgan fingerprint density at radius 2 is 1.88 bits per heavy atom. The van der Waals surface area contributed by atoms with Crippen LogP contribution in [-0.4, -0.2) is 58.5 Å². The first-order chi connectivity index (χ1) is 12.0. The van der Waals surface area contributed by atoms with E-state index in [0.29, 0.717) is 5.75 Å². The average Bonchev–Trinajstić information content (AvgIpc) is 2.61. The van der Waals surface area contributed by atoms with Crippen molar-refractivity contribution in [3.05, 3.63) is 42.5 Å². The average molecular weight is 347 g/mol. The van der Waals surface area contributed by atoms with E-state index in [1.807, 2.05) is 36.4 Å². The molecule has 1 amide bonds. The molecule has 0 unspecified atom stereocenters. The summed E-state index contributed by atoms with van der Waals surface area (Å²) >= 11 is 0. The summed E-state index contributed by atoms with van der Waals surface area (Å²) in [4.78, 5) is 11.5. The number of rotatable bonds is 4. The van der Waals surface area contributed by atoms with Crippen LogP contribution in [0.2, 0.25) is 0 Å². The molecule has 134 valence electrons. The van der Waals surface area contributed by atoms with Gasteiger partial charge in [0.15, 0.2) is 0 Å². The number of aliphatic hydroxyl groups is 3. The van der Waals surface area contributed by atoms with Crippen molar-refractivity contribution in [3.63, 3.8) is 0 Å². The molecule has 1 saturated heterocycles. The number of fused-ring (bicyclic) bond motifs is 1. The van der Waals surface area contributed by atoms with Crippen LogP contribution in [0.3, 0.4) is 0 Å². The molecule has 0 saturated carbocycles. The molecule has 7 heteroatoms. The largest absolute Gasteiger partial charge is 0.462 e. The van der Waals surface area contributed by atoms with Gasteiger partial charge in [-0.05, 0) is 11.5 Å². The highest BCUT2D eigenvalue weighted by atomic mass is 16.7. The van der Waals surface area contributed by atoms with E-state index in [1.165, 1.54) is 6.92 Å². The maximum absolute atomic E-state index is 11.5. The molecule has 0 radical (unpaired) electrons. The second-order valence-corrected chi connectivity index (χ2v) is 6.03. The van der Waals surface area contributed by atoms with E-state index in [0.717, 1.165) is 10.8 Å². The van der Waals surface area contributed by atoms with Crippen LogP contribution in [0.25, 0.3) is 10.8 Å². The van der Waals surface area contributed by atoms with Crippen molar-refractivity contribution in [2.24, 2.45) is 0 Å². The van der Waals surface area contributed by atoms with E-state index in [4.69, 9.17) is 9.47 Å². The van der Waals surface area contributed by atoms with Crippen LogP contribution < -0.4 is 10.1 Å². The van der Waals surface area contributed by atoms with Crippen molar-refractivity contribution in [1.82, 2.24) is 5.32 Å². The van der Waals surface area contributed by atoms with Crippen LogP contribution in [0.1, 0.15) is 6.92 Å². The van der Waals surface area contributed by atoms with Crippen molar-refractivity contribution in [3.8, 4) is 5.75 Å². The van der Waals surface area contributed by atoms with Gasteiger partial charge in [0, 0.05) is 12.3 Å². The van der Waals surface area contributed by atoms with Gasteiger partial charge in [0.2, 0.25) is 12.2 Å². The quantitative estimate of drug-likeness (QED) is 0.628. The normalized spacial score (nSPS) is 29.4. The van der Waals surface area contributed by atoms with Gasteiger partial charge in [-0.1, -0.05) is 36.4 Å². The van der Waals surface area contributed by atoms with Crippen molar-refractivity contribution < 1.29 is 29.6 Å². The number of hydrogen-bond acceptors (Lipinski definition) is 6. The Labute approximate surface area is 144 Å². The molecule has 1 aliphatic heterocycles. The first kappa shape index (κ1) is 17.6. The Balaban J connectivity index is 1.92. The molecule has 5 atom stereocenters. The Kier molecular flexibility index (Phi) is 5.19. The summed E-state index contributed by atoms with van der Waals surface area (Å²) in [7, 11) is 0. The molecule has 1 fully saturated rings. The fourth-order valence-electron chi connectivity index (χ4n) is 2.99. The molecule has 2 aromatic rings. The molecule has 7 nitrogen and oxygen atoms in total. The number of amides is 1. The lowest BCUT2D eigenvalue weighted by molar-refractivity contribution is -0.244. The van der Waals surface area contributed by atoms with E-state index >= 15 is 0 Å². The first-order valence-electron chi connectivity index (χ1n) is 8.05. The minimum Gasteiger partial charge on any atom is -0.462 e. The van der Waals surface area contributed by atoms with Gasteiger partial charge < -0.3 is 30.1 Å². The first-order valence-corrected chi connectivity index (χ1v) is 8.05. The number of nitrogens with one attached hydrogen (secondary N) is 1. The second kappa shape index (κ2) is 7.37. The molecule has 1 aliphatic rings. The number of carbonyl (C=O) groups excluding carboxylic acids is 1. The van der Waals surface area contributed by atoms with Crippen LogP contribution in [0, 0.1) is 0 Å². The van der Waals surface area contributed by atoms with Crippen molar-refractivity contribution >= 4 is 16.7 Å². The molecule has 0 aromatic heterocycles. The molecular weight excluding hydrogens is 326 g/mol. The van der Waals surface area contributed by atoms with Gasteiger partial charge in [0.1, 0.15) is 30.1 Å². The zero-order valence-electron chi connectivity index (χ0n) is 13.7. The lowest BCUT2D eigenvalue weighted by Crippen LogP contribution is -2.65. The molecule has 0 aliphatic carbocycles. The molecule has 1 heterocycles. The van der Waals surface area contributed by atoms with E-state index in [9.17, 15) is 20.1 Å². The number of aliphatic hydroxyl groups excluding tert-OH is 3. The van der Waals surface area contributed by atoms with E-state index < -0.39 is 43.2 Å².